The molecule has 0 aromatic heterocycles. The van der Waals surface area contributed by atoms with Crippen LogP contribution in [0.1, 0.15) is 154 Å². The molecular weight excluding hydrogens is 693 g/mol. The predicted molar refractivity (Wildman–Crippen MR) is 226 cm³/mol. The molecular formula is C47H60O4S2. The lowest BCUT2D eigenvalue weighted by molar-refractivity contribution is -0.135. The normalized spacial score (nSPS) is 13.5. The van der Waals surface area contributed by atoms with E-state index in [0.29, 0.717) is 22.6 Å². The minimum atomic E-state index is -0.593. The fourth-order valence-corrected chi connectivity index (χ4v) is 8.90. The van der Waals surface area contributed by atoms with E-state index in [9.17, 15) is 14.7 Å². The lowest BCUT2D eigenvalue weighted by atomic mass is 9.79. The second-order valence-corrected chi connectivity index (χ2v) is 22.4. The van der Waals surface area contributed by atoms with Gasteiger partial charge in [-0.15, -0.1) is 23.5 Å². The van der Waals surface area contributed by atoms with Crippen LogP contribution in [0.15, 0.2) is 88.7 Å². The van der Waals surface area contributed by atoms with E-state index in [1.165, 1.54) is 0 Å². The number of hydrogen-bond acceptors (Lipinski definition) is 6. The van der Waals surface area contributed by atoms with Gasteiger partial charge in [0.1, 0.15) is 11.5 Å². The van der Waals surface area contributed by atoms with Gasteiger partial charge in [0, 0.05) is 43.2 Å². The number of ether oxygens (including phenoxy) is 1. The Morgan fingerprint density at radius 1 is 0.566 bits per heavy atom. The van der Waals surface area contributed by atoms with Crippen molar-refractivity contribution in [1.29, 1.82) is 0 Å². The average Bonchev–Trinajstić information content (AvgIpc) is 3.03. The number of ketones is 1. The Hall–Kier alpha value is -3.48. The molecule has 53 heavy (non-hydrogen) atoms. The molecule has 0 radical (unpaired) electrons. The molecule has 0 saturated carbocycles. The van der Waals surface area contributed by atoms with E-state index < -0.39 is 5.92 Å². The van der Waals surface area contributed by atoms with Crippen molar-refractivity contribution in [2.75, 3.05) is 0 Å². The molecule has 1 N–H and O–H groups in total. The largest absolute Gasteiger partial charge is 0.507 e. The van der Waals surface area contributed by atoms with E-state index in [4.69, 9.17) is 4.74 Å². The summed E-state index contributed by atoms with van der Waals surface area (Å²) in [5.74, 6) is -0.0429. The summed E-state index contributed by atoms with van der Waals surface area (Å²) in [5, 5.41) is 11.3. The monoisotopic (exact) mass is 752 g/mol. The number of thioether (sulfide) groups is 2. The molecule has 4 aromatic rings. The highest BCUT2D eigenvalue weighted by Crippen LogP contribution is 2.51. The molecule has 0 amide bonds. The number of hydrogen-bond donors (Lipinski definition) is 1. The standard InChI is InChI=1S/C47H60O4S2/c1-29(31-22-19-23-32(24-31)39(48)30-20-17-16-18-21-30)42(50)51-41-37(45(8,9)10)27-34(28-38(41)46(11,12)13)53-47(14,15)52-33-25-35(43(2,3)4)40(49)36(26-33)44(5,6)7/h16-29,49H,1-15H3/t29-/m0/s1. The highest BCUT2D eigenvalue weighted by Gasteiger charge is 2.33. The molecule has 0 aliphatic carbocycles. The van der Waals surface area contributed by atoms with Crippen molar-refractivity contribution in [3.05, 3.63) is 118 Å². The third kappa shape index (κ3) is 10.4. The quantitative estimate of drug-likeness (QED) is 0.0604. The van der Waals surface area contributed by atoms with Gasteiger partial charge >= 0.3 is 5.97 Å². The Bertz CT molecular complexity index is 1890. The maximum atomic E-state index is 14.0. The predicted octanol–water partition coefficient (Wildman–Crippen LogP) is 13.1. The topological polar surface area (TPSA) is 63.6 Å². The third-order valence-electron chi connectivity index (χ3n) is 9.35. The van der Waals surface area contributed by atoms with Crippen LogP contribution in [0, 0.1) is 0 Å². The molecule has 0 fully saturated rings. The summed E-state index contributed by atoms with van der Waals surface area (Å²) in [4.78, 5) is 29.5. The molecule has 0 unspecified atom stereocenters. The number of phenols is 1. The first-order chi connectivity index (χ1) is 24.2. The first kappa shape index (κ1) is 42.3. The van der Waals surface area contributed by atoms with E-state index in [-0.39, 0.29) is 37.5 Å². The lowest BCUT2D eigenvalue weighted by Gasteiger charge is -2.32. The highest BCUT2D eigenvalue weighted by atomic mass is 32.2. The Kier molecular flexibility index (Phi) is 12.2. The van der Waals surface area contributed by atoms with E-state index in [1.807, 2.05) is 37.3 Å². The van der Waals surface area contributed by atoms with Crippen molar-refractivity contribution in [2.45, 2.75) is 145 Å². The number of aromatic hydroxyl groups is 1. The smallest absolute Gasteiger partial charge is 0.318 e. The zero-order valence-electron chi connectivity index (χ0n) is 34.6. The van der Waals surface area contributed by atoms with Gasteiger partial charge in [0.2, 0.25) is 0 Å². The maximum Gasteiger partial charge on any atom is 0.318 e. The fourth-order valence-electron chi connectivity index (χ4n) is 6.31. The van der Waals surface area contributed by atoms with Crippen LogP contribution in [0.5, 0.6) is 11.5 Å². The van der Waals surface area contributed by atoms with E-state index in [1.54, 1.807) is 47.8 Å². The maximum absolute atomic E-state index is 14.0. The second kappa shape index (κ2) is 15.3. The molecule has 284 valence electrons. The van der Waals surface area contributed by atoms with Gasteiger partial charge in [0.25, 0.3) is 0 Å². The van der Waals surface area contributed by atoms with Crippen molar-refractivity contribution in [3.63, 3.8) is 0 Å². The number of phenolic OH excluding ortho intramolecular Hbond substituents is 1. The lowest BCUT2D eigenvalue weighted by Crippen LogP contribution is -2.24. The van der Waals surface area contributed by atoms with Gasteiger partial charge in [0.05, 0.1) is 10.00 Å². The molecule has 0 spiro atoms. The SMILES string of the molecule is C[C@H](C(=O)Oc1c(C(C)(C)C)cc(SC(C)(C)Sc2cc(C(C)(C)C)c(O)c(C(C)(C)C)c2)cc1C(C)(C)C)c1cccc(C(=O)c2ccccc2)c1. The molecule has 4 nitrogen and oxygen atoms in total. The number of esters is 1. The van der Waals surface area contributed by atoms with Crippen LogP contribution < -0.4 is 4.74 Å². The van der Waals surface area contributed by atoms with Gasteiger partial charge < -0.3 is 9.84 Å². The zero-order valence-corrected chi connectivity index (χ0v) is 36.2. The molecule has 0 saturated heterocycles. The summed E-state index contributed by atoms with van der Waals surface area (Å²) in [5.41, 5.74) is 4.64. The van der Waals surface area contributed by atoms with Crippen molar-refractivity contribution in [1.82, 2.24) is 0 Å². The Balaban J connectivity index is 1.71. The van der Waals surface area contributed by atoms with Gasteiger partial charge in [-0.3, -0.25) is 9.59 Å². The van der Waals surface area contributed by atoms with Crippen molar-refractivity contribution >= 4 is 35.3 Å². The number of carbonyl (C=O) groups is 2. The van der Waals surface area contributed by atoms with Crippen LogP contribution >= 0.6 is 23.5 Å². The summed E-state index contributed by atoms with van der Waals surface area (Å²) >= 11 is 3.59. The second-order valence-electron chi connectivity index (χ2n) is 18.8. The Labute approximate surface area is 327 Å². The summed E-state index contributed by atoms with van der Waals surface area (Å²) in [6.45, 7) is 32.1. The van der Waals surface area contributed by atoms with Crippen molar-refractivity contribution in [2.24, 2.45) is 0 Å². The molecule has 6 heteroatoms. The van der Waals surface area contributed by atoms with Crippen LogP contribution in [0.25, 0.3) is 0 Å². The van der Waals surface area contributed by atoms with E-state index in [0.717, 1.165) is 37.6 Å². The number of carbonyl (C=O) groups excluding carboxylic acids is 2. The van der Waals surface area contributed by atoms with E-state index in [2.05, 4.69) is 121 Å². The fraction of sp³-hybridized carbons (Fsp3) is 0.447. The minimum absolute atomic E-state index is 0.0815. The summed E-state index contributed by atoms with van der Waals surface area (Å²) < 4.78 is 6.17. The number of rotatable bonds is 9. The molecule has 0 aliphatic heterocycles. The van der Waals surface area contributed by atoms with Crippen molar-refractivity contribution in [3.8, 4) is 11.5 Å². The molecule has 4 aromatic carbocycles. The van der Waals surface area contributed by atoms with Crippen LogP contribution in [-0.4, -0.2) is 20.9 Å². The summed E-state index contributed by atoms with van der Waals surface area (Å²) in [6, 6.07) is 25.2. The van der Waals surface area contributed by atoms with Gasteiger partial charge in [-0.25, -0.2) is 0 Å². The molecule has 0 heterocycles. The first-order valence-corrected chi connectivity index (χ1v) is 20.2. The van der Waals surface area contributed by atoms with Gasteiger partial charge in [0.15, 0.2) is 5.78 Å². The third-order valence-corrected chi connectivity index (χ3v) is 11.8. The molecule has 4 rings (SSSR count). The van der Waals surface area contributed by atoms with Crippen LogP contribution in [0.4, 0.5) is 0 Å². The first-order valence-electron chi connectivity index (χ1n) is 18.6. The Morgan fingerprint density at radius 3 is 1.42 bits per heavy atom. The average molecular weight is 753 g/mol. The molecule has 1 atom stereocenters. The highest BCUT2D eigenvalue weighted by molar-refractivity contribution is 8.18. The van der Waals surface area contributed by atoms with Crippen LogP contribution in [0.3, 0.4) is 0 Å². The van der Waals surface area contributed by atoms with E-state index >= 15 is 0 Å². The summed E-state index contributed by atoms with van der Waals surface area (Å²) in [7, 11) is 0. The molecule has 0 bridgehead atoms. The molecule has 0 aliphatic rings. The van der Waals surface area contributed by atoms with Crippen molar-refractivity contribution < 1.29 is 19.4 Å². The van der Waals surface area contributed by atoms with Gasteiger partial charge in [-0.2, -0.15) is 0 Å². The zero-order chi connectivity index (χ0) is 39.9. The Morgan fingerprint density at radius 2 is 0.981 bits per heavy atom. The van der Waals surface area contributed by atoms with Crippen LogP contribution in [-0.2, 0) is 26.5 Å². The summed E-state index contributed by atoms with van der Waals surface area (Å²) in [6.07, 6.45) is 0. The number of benzene rings is 4. The van der Waals surface area contributed by atoms with Gasteiger partial charge in [-0.05, 0) is 78.3 Å². The van der Waals surface area contributed by atoms with Gasteiger partial charge in [-0.1, -0.05) is 132 Å². The minimum Gasteiger partial charge on any atom is -0.507 e. The van der Waals surface area contributed by atoms with Crippen LogP contribution in [0.2, 0.25) is 0 Å².